The zero-order valence-electron chi connectivity index (χ0n) is 34.2. The van der Waals surface area contributed by atoms with E-state index in [0.29, 0.717) is 0 Å². The van der Waals surface area contributed by atoms with Crippen LogP contribution in [0.1, 0.15) is 37.5 Å². The molecule has 7 aromatic carbocycles. The van der Waals surface area contributed by atoms with Crippen LogP contribution in [0.2, 0.25) is 0 Å². The van der Waals surface area contributed by atoms with Gasteiger partial charge >= 0.3 is 0 Å². The molecule has 59 heavy (non-hydrogen) atoms. The van der Waals surface area contributed by atoms with Gasteiger partial charge in [0.2, 0.25) is 0 Å². The normalized spacial score (nSPS) is 12.9. The van der Waals surface area contributed by atoms with Crippen molar-refractivity contribution in [2.24, 2.45) is 4.99 Å². The summed E-state index contributed by atoms with van der Waals surface area (Å²) < 4.78 is 4.82. The molecule has 0 fully saturated rings. The fourth-order valence-corrected chi connectivity index (χ4v) is 8.65. The Morgan fingerprint density at radius 2 is 0.966 bits per heavy atom. The third kappa shape index (κ3) is 7.30. The summed E-state index contributed by atoms with van der Waals surface area (Å²) >= 11 is 0. The van der Waals surface area contributed by atoms with Gasteiger partial charge in [-0.25, -0.2) is 4.99 Å². The first-order valence-corrected chi connectivity index (χ1v) is 20.5. The van der Waals surface area contributed by atoms with Crippen LogP contribution in [0.5, 0.6) is 0 Å². The molecule has 0 aliphatic carbocycles. The van der Waals surface area contributed by atoms with E-state index in [1.54, 1.807) is 0 Å². The number of fused-ring (bicyclic) bond motifs is 6. The van der Waals surface area contributed by atoms with Gasteiger partial charge in [0.15, 0.2) is 0 Å². The zero-order chi connectivity index (χ0) is 40.3. The minimum atomic E-state index is 0.727. The second-order valence-electron chi connectivity index (χ2n) is 15.3. The topological polar surface area (TPSA) is 25.5 Å². The lowest BCUT2D eigenvalue weighted by Crippen LogP contribution is -2.29. The molecule has 0 spiro atoms. The van der Waals surface area contributed by atoms with E-state index in [9.17, 15) is 0 Å². The second-order valence-corrected chi connectivity index (χ2v) is 15.3. The summed E-state index contributed by atoms with van der Waals surface area (Å²) in [6.45, 7) is 7.17. The van der Waals surface area contributed by atoms with Crippen molar-refractivity contribution >= 4 is 55.1 Å². The number of benzene rings is 7. The molecule has 288 valence electrons. The number of aliphatic imine (C=N–C) groups is 1. The highest BCUT2D eigenvalue weighted by Gasteiger charge is 2.19. The Balaban J connectivity index is 1.21. The Kier molecular flexibility index (Phi) is 10.4. The number of aromatic nitrogens is 2. The molecule has 0 atom stereocenters. The highest BCUT2D eigenvalue weighted by molar-refractivity contribution is 6.11. The molecular weight excluding hydrogens is 717 g/mol. The van der Waals surface area contributed by atoms with Gasteiger partial charge in [-0.1, -0.05) is 157 Å². The number of para-hydroxylation sites is 4. The fraction of sp³-hybridized carbons (Fsp3) is 0.109. The van der Waals surface area contributed by atoms with Gasteiger partial charge in [0.25, 0.3) is 0 Å². The molecule has 0 saturated carbocycles. The van der Waals surface area contributed by atoms with Crippen LogP contribution in [0.15, 0.2) is 210 Å². The van der Waals surface area contributed by atoms with E-state index < -0.39 is 0 Å². The standard InChI is InChI=1S/C55H48N4/c1-5-40(34-41-21-9-7-10-22-41)33-39(3)38-57(4)55(42-23-11-8-12-24-42)56-50(6-2)43-35-44(58-51-29-17-13-25-46(51)47-26-14-18-30-52(47)58)37-45(36-43)59-53-31-19-15-27-48(53)49-28-16-20-32-54(49)59/h5-33,35-37H,34,38H2,1-4H3/b39-33+,40-5+,50-6-,56-55?. The second kappa shape index (κ2) is 16.4. The lowest BCUT2D eigenvalue weighted by atomic mass is 10.0. The highest BCUT2D eigenvalue weighted by Crippen LogP contribution is 2.37. The monoisotopic (exact) mass is 764 g/mol. The van der Waals surface area contributed by atoms with Gasteiger partial charge in [0.1, 0.15) is 5.84 Å². The van der Waals surface area contributed by atoms with Crippen LogP contribution in [0.4, 0.5) is 0 Å². The summed E-state index contributed by atoms with van der Waals surface area (Å²) in [6.07, 6.45) is 7.60. The van der Waals surface area contributed by atoms with Crippen LogP contribution in [0.3, 0.4) is 0 Å². The molecule has 4 heteroatoms. The average Bonchev–Trinajstić information content (AvgIpc) is 3.80. The number of amidine groups is 1. The van der Waals surface area contributed by atoms with Crippen LogP contribution in [-0.2, 0) is 6.42 Å². The van der Waals surface area contributed by atoms with E-state index >= 15 is 0 Å². The number of rotatable bonds is 10. The quantitative estimate of drug-likeness (QED) is 0.0773. The average molecular weight is 765 g/mol. The van der Waals surface area contributed by atoms with Crippen LogP contribution in [0, 0.1) is 0 Å². The SMILES string of the molecule is C/C=C(\C=C(/C)CN(C)C(=N/C(=C\C)c1cc(-n2c3ccccc3c3ccccc32)cc(-n2c3ccccc3c3ccccc32)c1)c1ccccc1)Cc1ccccc1. The smallest absolute Gasteiger partial charge is 0.136 e. The van der Waals surface area contributed by atoms with Crippen LogP contribution < -0.4 is 0 Å². The predicted octanol–water partition coefficient (Wildman–Crippen LogP) is 13.8. The van der Waals surface area contributed by atoms with E-state index in [2.05, 4.69) is 236 Å². The predicted molar refractivity (Wildman–Crippen MR) is 252 cm³/mol. The Hall–Kier alpha value is -7.17. The molecule has 4 nitrogen and oxygen atoms in total. The third-order valence-electron chi connectivity index (χ3n) is 11.3. The summed E-state index contributed by atoms with van der Waals surface area (Å²) in [6, 6.07) is 63.1. The maximum Gasteiger partial charge on any atom is 0.136 e. The Bertz CT molecular complexity index is 2840. The Morgan fingerprint density at radius 1 is 0.525 bits per heavy atom. The molecule has 0 radical (unpaired) electrons. The van der Waals surface area contributed by atoms with E-state index in [1.807, 2.05) is 0 Å². The first kappa shape index (κ1) is 37.4. The first-order valence-electron chi connectivity index (χ1n) is 20.5. The highest BCUT2D eigenvalue weighted by atomic mass is 15.2. The van der Waals surface area contributed by atoms with Crippen molar-refractivity contribution in [1.29, 1.82) is 0 Å². The molecule has 0 saturated heterocycles. The zero-order valence-corrected chi connectivity index (χ0v) is 34.2. The number of nitrogens with zero attached hydrogens (tertiary/aromatic N) is 4. The van der Waals surface area contributed by atoms with Gasteiger partial charge in [-0.15, -0.1) is 0 Å². The lowest BCUT2D eigenvalue weighted by Gasteiger charge is -2.23. The molecule has 9 aromatic rings. The molecule has 2 aromatic heterocycles. The molecule has 0 bridgehead atoms. The third-order valence-corrected chi connectivity index (χ3v) is 11.3. The molecular formula is C55H48N4. The van der Waals surface area contributed by atoms with E-state index in [1.165, 1.54) is 60.3 Å². The minimum absolute atomic E-state index is 0.727. The summed E-state index contributed by atoms with van der Waals surface area (Å²) in [5, 5.41) is 4.94. The molecule has 2 heterocycles. The van der Waals surface area contributed by atoms with Crippen molar-refractivity contribution in [3.8, 4) is 11.4 Å². The largest absolute Gasteiger partial charge is 0.355 e. The van der Waals surface area contributed by atoms with Crippen LogP contribution in [0.25, 0.3) is 60.7 Å². The molecule has 0 unspecified atom stereocenters. The Labute approximate surface area is 347 Å². The van der Waals surface area contributed by atoms with Gasteiger partial charge in [-0.2, -0.15) is 0 Å². The van der Waals surface area contributed by atoms with Gasteiger partial charge in [-0.3, -0.25) is 0 Å². The molecule has 0 aliphatic heterocycles. The van der Waals surface area contributed by atoms with Crippen molar-refractivity contribution in [1.82, 2.24) is 14.0 Å². The lowest BCUT2D eigenvalue weighted by molar-refractivity contribution is 0.550. The maximum atomic E-state index is 5.59. The summed E-state index contributed by atoms with van der Waals surface area (Å²) in [4.78, 5) is 7.88. The van der Waals surface area contributed by atoms with Crippen molar-refractivity contribution in [2.45, 2.75) is 27.2 Å². The van der Waals surface area contributed by atoms with Gasteiger partial charge in [0, 0.05) is 57.6 Å². The number of hydrogen-bond acceptors (Lipinski definition) is 1. The summed E-state index contributed by atoms with van der Waals surface area (Å²) in [5.41, 5.74) is 13.7. The maximum absolute atomic E-state index is 5.59. The van der Waals surface area contributed by atoms with Crippen molar-refractivity contribution in [3.05, 3.63) is 222 Å². The van der Waals surface area contributed by atoms with Crippen LogP contribution in [-0.4, -0.2) is 33.5 Å². The van der Waals surface area contributed by atoms with Gasteiger partial charge in [-0.05, 0) is 80.8 Å². The van der Waals surface area contributed by atoms with Gasteiger partial charge < -0.3 is 14.0 Å². The van der Waals surface area contributed by atoms with Crippen molar-refractivity contribution in [3.63, 3.8) is 0 Å². The van der Waals surface area contributed by atoms with E-state index in [0.717, 1.165) is 47.0 Å². The number of hydrogen-bond donors (Lipinski definition) is 0. The minimum Gasteiger partial charge on any atom is -0.355 e. The molecule has 0 amide bonds. The first-order chi connectivity index (χ1) is 29.0. The molecule has 0 N–H and O–H groups in total. The summed E-state index contributed by atoms with van der Waals surface area (Å²) in [7, 11) is 2.15. The van der Waals surface area contributed by atoms with Crippen LogP contribution >= 0.6 is 0 Å². The van der Waals surface area contributed by atoms with Crippen molar-refractivity contribution < 1.29 is 0 Å². The Morgan fingerprint density at radius 3 is 1.42 bits per heavy atom. The molecule has 0 aliphatic rings. The van der Waals surface area contributed by atoms with Crippen molar-refractivity contribution in [2.75, 3.05) is 13.6 Å². The van der Waals surface area contributed by atoms with Gasteiger partial charge in [0.05, 0.1) is 27.8 Å². The van der Waals surface area contributed by atoms with E-state index in [-0.39, 0.29) is 0 Å². The number of likely N-dealkylation sites (N-methyl/N-ethyl adjacent to an activating group) is 1. The summed E-state index contributed by atoms with van der Waals surface area (Å²) in [5.74, 6) is 0.914. The molecule has 9 rings (SSSR count). The van der Waals surface area contributed by atoms with E-state index in [4.69, 9.17) is 4.99 Å². The number of allylic oxidation sites excluding steroid dienone is 4. The fourth-order valence-electron chi connectivity index (χ4n) is 8.65.